The fourth-order valence-corrected chi connectivity index (χ4v) is 3.65. The molecule has 110 valence electrons. The highest BCUT2D eigenvalue weighted by molar-refractivity contribution is 5.79. The zero-order chi connectivity index (χ0) is 13.5. The molecule has 1 aliphatic carbocycles. The van der Waals surface area contributed by atoms with Gasteiger partial charge >= 0.3 is 0 Å². The lowest BCUT2D eigenvalue weighted by Crippen LogP contribution is -2.48. The van der Waals surface area contributed by atoms with Crippen molar-refractivity contribution in [1.29, 1.82) is 0 Å². The van der Waals surface area contributed by atoms with E-state index in [9.17, 15) is 4.79 Å². The first-order valence-corrected chi connectivity index (χ1v) is 8.34. The molecule has 0 aromatic carbocycles. The molecule has 1 heterocycles. The summed E-state index contributed by atoms with van der Waals surface area (Å²) < 4.78 is 0. The molecule has 0 aromatic heterocycles. The van der Waals surface area contributed by atoms with Crippen molar-refractivity contribution in [2.24, 2.45) is 5.92 Å². The minimum Gasteiger partial charge on any atom is -0.340 e. The van der Waals surface area contributed by atoms with Crippen LogP contribution in [0.15, 0.2) is 0 Å². The predicted octanol–water partition coefficient (Wildman–Crippen LogP) is 2.95. The van der Waals surface area contributed by atoms with E-state index >= 15 is 0 Å². The summed E-state index contributed by atoms with van der Waals surface area (Å²) >= 11 is 0. The van der Waals surface area contributed by atoms with Crippen molar-refractivity contribution in [3.8, 4) is 0 Å². The van der Waals surface area contributed by atoms with Gasteiger partial charge in [-0.3, -0.25) is 4.79 Å². The third-order valence-electron chi connectivity index (χ3n) is 4.83. The Bertz CT molecular complexity index is 266. The molecule has 1 aliphatic heterocycles. The zero-order valence-electron chi connectivity index (χ0n) is 12.5. The van der Waals surface area contributed by atoms with Crippen molar-refractivity contribution in [3.63, 3.8) is 0 Å². The quantitative estimate of drug-likeness (QED) is 0.852. The van der Waals surface area contributed by atoms with Crippen LogP contribution in [0.1, 0.15) is 64.7 Å². The Labute approximate surface area is 118 Å². The number of carbonyl (C=O) groups is 1. The van der Waals surface area contributed by atoms with Gasteiger partial charge in [-0.05, 0) is 45.7 Å². The first kappa shape index (κ1) is 14.8. The molecule has 1 amide bonds. The number of carbonyl (C=O) groups excluding carboxylic acids is 1. The standard InChI is InChI=1S/C16H30N2O/c1-2-18(15-10-12-17-13-11-15)16(19)14-8-6-4-3-5-7-9-14/h14-15,17H,2-13H2,1H3. The second-order valence-electron chi connectivity index (χ2n) is 6.15. The second kappa shape index (κ2) is 7.88. The van der Waals surface area contributed by atoms with Gasteiger partial charge < -0.3 is 10.2 Å². The summed E-state index contributed by atoms with van der Waals surface area (Å²) in [4.78, 5) is 15.0. The van der Waals surface area contributed by atoms with Crippen LogP contribution >= 0.6 is 0 Å². The summed E-state index contributed by atoms with van der Waals surface area (Å²) in [6.07, 6.45) is 11.0. The number of hydrogen-bond donors (Lipinski definition) is 1. The fourth-order valence-electron chi connectivity index (χ4n) is 3.65. The zero-order valence-corrected chi connectivity index (χ0v) is 12.5. The maximum Gasteiger partial charge on any atom is 0.225 e. The van der Waals surface area contributed by atoms with Gasteiger partial charge in [0.15, 0.2) is 0 Å². The van der Waals surface area contributed by atoms with Crippen molar-refractivity contribution in [3.05, 3.63) is 0 Å². The van der Waals surface area contributed by atoms with Crippen molar-refractivity contribution in [1.82, 2.24) is 10.2 Å². The Hall–Kier alpha value is -0.570. The van der Waals surface area contributed by atoms with Crippen molar-refractivity contribution < 1.29 is 4.79 Å². The summed E-state index contributed by atoms with van der Waals surface area (Å²) in [5.74, 6) is 0.770. The number of piperidine rings is 1. The first-order chi connectivity index (χ1) is 9.33. The van der Waals surface area contributed by atoms with Gasteiger partial charge in [0.1, 0.15) is 0 Å². The topological polar surface area (TPSA) is 32.3 Å². The van der Waals surface area contributed by atoms with Gasteiger partial charge in [0.05, 0.1) is 0 Å². The minimum atomic E-state index is 0.315. The van der Waals surface area contributed by atoms with E-state index in [4.69, 9.17) is 0 Å². The second-order valence-corrected chi connectivity index (χ2v) is 6.15. The normalized spacial score (nSPS) is 23.6. The third kappa shape index (κ3) is 4.20. The lowest BCUT2D eigenvalue weighted by molar-refractivity contribution is -0.139. The van der Waals surface area contributed by atoms with Gasteiger partial charge in [0.25, 0.3) is 0 Å². The van der Waals surface area contributed by atoms with Crippen LogP contribution in [0.4, 0.5) is 0 Å². The molecule has 2 aliphatic rings. The van der Waals surface area contributed by atoms with Gasteiger partial charge in [0.2, 0.25) is 5.91 Å². The monoisotopic (exact) mass is 266 g/mol. The van der Waals surface area contributed by atoms with Crippen molar-refractivity contribution in [2.75, 3.05) is 19.6 Å². The lowest BCUT2D eigenvalue weighted by atomic mass is 9.89. The molecule has 0 atom stereocenters. The van der Waals surface area contributed by atoms with Gasteiger partial charge in [-0.15, -0.1) is 0 Å². The summed E-state index contributed by atoms with van der Waals surface area (Å²) in [5, 5.41) is 3.39. The molecule has 0 spiro atoms. The lowest BCUT2D eigenvalue weighted by Gasteiger charge is -2.36. The van der Waals surface area contributed by atoms with E-state index < -0.39 is 0 Å². The van der Waals surface area contributed by atoms with Crippen LogP contribution in [0.2, 0.25) is 0 Å². The third-order valence-corrected chi connectivity index (χ3v) is 4.83. The summed E-state index contributed by atoms with van der Waals surface area (Å²) in [5.41, 5.74) is 0. The molecule has 19 heavy (non-hydrogen) atoms. The molecule has 0 bridgehead atoms. The maximum atomic E-state index is 12.8. The molecule has 1 saturated carbocycles. The number of rotatable bonds is 3. The summed E-state index contributed by atoms with van der Waals surface area (Å²) in [6, 6.07) is 0.490. The largest absolute Gasteiger partial charge is 0.340 e. The van der Waals surface area contributed by atoms with E-state index in [2.05, 4.69) is 17.1 Å². The van der Waals surface area contributed by atoms with Crippen LogP contribution in [-0.4, -0.2) is 36.5 Å². The Morgan fingerprint density at radius 2 is 1.58 bits per heavy atom. The minimum absolute atomic E-state index is 0.315. The highest BCUT2D eigenvalue weighted by atomic mass is 16.2. The van der Waals surface area contributed by atoms with Crippen LogP contribution in [0.3, 0.4) is 0 Å². The Balaban J connectivity index is 1.93. The van der Waals surface area contributed by atoms with Crippen LogP contribution in [0, 0.1) is 5.92 Å². The first-order valence-electron chi connectivity index (χ1n) is 8.34. The smallest absolute Gasteiger partial charge is 0.225 e. The van der Waals surface area contributed by atoms with Crippen molar-refractivity contribution >= 4 is 5.91 Å². The number of hydrogen-bond acceptors (Lipinski definition) is 2. The van der Waals surface area contributed by atoms with Crippen molar-refractivity contribution in [2.45, 2.75) is 70.8 Å². The molecule has 1 N–H and O–H groups in total. The highest BCUT2D eigenvalue weighted by Gasteiger charge is 2.29. The fraction of sp³-hybridized carbons (Fsp3) is 0.938. The summed E-state index contributed by atoms with van der Waals surface area (Å²) in [6.45, 7) is 5.17. The molecular weight excluding hydrogens is 236 g/mol. The molecule has 0 aromatic rings. The SMILES string of the molecule is CCN(C(=O)C1CCCCCCC1)C1CCNCC1. The Kier molecular flexibility index (Phi) is 6.15. The predicted molar refractivity (Wildman–Crippen MR) is 79.1 cm³/mol. The van der Waals surface area contributed by atoms with Gasteiger partial charge in [-0.25, -0.2) is 0 Å². The van der Waals surface area contributed by atoms with Gasteiger partial charge in [-0.1, -0.05) is 32.1 Å². The van der Waals surface area contributed by atoms with E-state index in [1.807, 2.05) is 0 Å². The molecule has 3 heteroatoms. The number of nitrogens with one attached hydrogen (secondary N) is 1. The number of amides is 1. The Morgan fingerprint density at radius 1 is 1.00 bits per heavy atom. The molecule has 0 unspecified atom stereocenters. The maximum absolute atomic E-state index is 12.8. The molecule has 2 rings (SSSR count). The molecular formula is C16H30N2O. The van der Waals surface area contributed by atoms with Gasteiger partial charge in [-0.2, -0.15) is 0 Å². The molecule has 0 radical (unpaired) electrons. The van der Waals surface area contributed by atoms with E-state index in [-0.39, 0.29) is 0 Å². The highest BCUT2D eigenvalue weighted by Crippen LogP contribution is 2.25. The van der Waals surface area contributed by atoms with Crippen LogP contribution in [0.25, 0.3) is 0 Å². The van der Waals surface area contributed by atoms with E-state index in [0.29, 0.717) is 17.9 Å². The molecule has 3 nitrogen and oxygen atoms in total. The van der Waals surface area contributed by atoms with Crippen LogP contribution in [0.5, 0.6) is 0 Å². The molecule has 1 saturated heterocycles. The summed E-state index contributed by atoms with van der Waals surface area (Å²) in [7, 11) is 0. The van der Waals surface area contributed by atoms with E-state index in [1.54, 1.807) is 0 Å². The molecule has 2 fully saturated rings. The van der Waals surface area contributed by atoms with E-state index in [1.165, 1.54) is 32.1 Å². The Morgan fingerprint density at radius 3 is 2.16 bits per heavy atom. The average molecular weight is 266 g/mol. The van der Waals surface area contributed by atoms with Crippen LogP contribution < -0.4 is 5.32 Å². The van der Waals surface area contributed by atoms with Crippen LogP contribution in [-0.2, 0) is 4.79 Å². The number of nitrogens with zero attached hydrogens (tertiary/aromatic N) is 1. The van der Waals surface area contributed by atoms with Gasteiger partial charge in [0, 0.05) is 18.5 Å². The van der Waals surface area contributed by atoms with E-state index in [0.717, 1.165) is 45.3 Å². The average Bonchev–Trinajstić information content (AvgIpc) is 2.40.